The lowest BCUT2D eigenvalue weighted by Crippen LogP contribution is -2.54. The fraction of sp³-hybridized carbons (Fsp3) is 0.286. The molecule has 2 aliphatic heterocycles. The van der Waals surface area contributed by atoms with Crippen molar-refractivity contribution in [1.82, 2.24) is 10.2 Å². The van der Waals surface area contributed by atoms with Crippen molar-refractivity contribution in [3.05, 3.63) is 34.9 Å². The van der Waals surface area contributed by atoms with Gasteiger partial charge in [0.1, 0.15) is 12.6 Å². The van der Waals surface area contributed by atoms with Crippen molar-refractivity contribution >= 4 is 23.6 Å². The largest absolute Gasteiger partial charge is 0.295 e. The molecule has 114 valence electrons. The first-order valence-corrected chi connectivity index (χ1v) is 6.61. The summed E-state index contributed by atoms with van der Waals surface area (Å²) in [6, 6.07) is 3.37. The van der Waals surface area contributed by atoms with Crippen LogP contribution in [0.25, 0.3) is 0 Å². The molecule has 4 amide bonds. The molecule has 1 aromatic rings. The van der Waals surface area contributed by atoms with Crippen LogP contribution >= 0.6 is 0 Å². The molecule has 0 spiro atoms. The number of imide groups is 2. The zero-order valence-corrected chi connectivity index (χ0v) is 11.3. The molecule has 0 bridgehead atoms. The third kappa shape index (κ3) is 2.08. The van der Waals surface area contributed by atoms with Crippen LogP contribution < -0.4 is 5.32 Å². The van der Waals surface area contributed by atoms with Crippen molar-refractivity contribution in [1.29, 1.82) is 0 Å². The quantitative estimate of drug-likeness (QED) is 0.820. The minimum absolute atomic E-state index is 0.0369. The minimum atomic E-state index is -1.04. The van der Waals surface area contributed by atoms with Gasteiger partial charge in [-0.2, -0.15) is 4.94 Å². The lowest BCUT2D eigenvalue weighted by molar-refractivity contribution is -0.144. The van der Waals surface area contributed by atoms with E-state index in [-0.39, 0.29) is 29.5 Å². The highest BCUT2D eigenvalue weighted by atomic mass is 19.3. The van der Waals surface area contributed by atoms with Gasteiger partial charge in [-0.3, -0.25) is 29.4 Å². The first-order chi connectivity index (χ1) is 10.5. The summed E-state index contributed by atoms with van der Waals surface area (Å²) in [6.07, 6.45) is 0.120. The summed E-state index contributed by atoms with van der Waals surface area (Å²) in [6.45, 7) is -0.467. The van der Waals surface area contributed by atoms with Crippen molar-refractivity contribution in [2.24, 2.45) is 0 Å². The number of carbonyl (C=O) groups excluding carboxylic acids is 4. The van der Waals surface area contributed by atoms with Gasteiger partial charge >= 0.3 is 0 Å². The summed E-state index contributed by atoms with van der Waals surface area (Å²) in [4.78, 5) is 52.3. The Labute approximate surface area is 123 Å². The number of fused-ring (bicyclic) bond motifs is 1. The molecule has 0 aromatic heterocycles. The molecule has 0 saturated carbocycles. The van der Waals surface area contributed by atoms with E-state index in [2.05, 4.69) is 10.3 Å². The zero-order chi connectivity index (χ0) is 15.9. The fourth-order valence-corrected chi connectivity index (χ4v) is 2.76. The lowest BCUT2D eigenvalue weighted by atomic mass is 10.0. The van der Waals surface area contributed by atoms with E-state index in [4.69, 9.17) is 0 Å². The monoisotopic (exact) mass is 306 g/mol. The molecule has 8 heteroatoms. The molecule has 2 aliphatic rings. The first-order valence-electron chi connectivity index (χ1n) is 6.61. The third-order valence-corrected chi connectivity index (χ3v) is 3.76. The number of amides is 4. The van der Waals surface area contributed by atoms with Gasteiger partial charge in [-0.25, -0.2) is 0 Å². The van der Waals surface area contributed by atoms with Gasteiger partial charge < -0.3 is 0 Å². The average Bonchev–Trinajstić information content (AvgIpc) is 2.73. The van der Waals surface area contributed by atoms with E-state index in [0.717, 1.165) is 4.90 Å². The van der Waals surface area contributed by atoms with Gasteiger partial charge in [0.15, 0.2) is 0 Å². The number of nitrogens with zero attached hydrogens (tertiary/aromatic N) is 1. The molecule has 3 rings (SSSR count). The summed E-state index contributed by atoms with van der Waals surface area (Å²) >= 11 is 0. The van der Waals surface area contributed by atoms with Crippen LogP contribution in [0, 0.1) is 0 Å². The van der Waals surface area contributed by atoms with Crippen molar-refractivity contribution in [2.45, 2.75) is 25.5 Å². The van der Waals surface area contributed by atoms with Crippen LogP contribution in [0.1, 0.15) is 39.1 Å². The Morgan fingerprint density at radius 3 is 2.68 bits per heavy atom. The second-order valence-corrected chi connectivity index (χ2v) is 5.04. The Hall–Kier alpha value is -2.61. The molecule has 2 heterocycles. The molecule has 1 unspecified atom stereocenters. The summed E-state index contributed by atoms with van der Waals surface area (Å²) in [5.74, 6) is -2.43. The van der Waals surface area contributed by atoms with Gasteiger partial charge in [0.05, 0.1) is 11.1 Å². The number of hydrogen-bond donors (Lipinski definition) is 1. The van der Waals surface area contributed by atoms with Crippen LogP contribution in [0.4, 0.5) is 4.53 Å². The maximum Gasteiger partial charge on any atom is 0.262 e. The second kappa shape index (κ2) is 5.30. The van der Waals surface area contributed by atoms with Gasteiger partial charge in [0.25, 0.3) is 11.8 Å². The van der Waals surface area contributed by atoms with Crippen molar-refractivity contribution in [3.63, 3.8) is 0 Å². The van der Waals surface area contributed by atoms with Crippen LogP contribution in [-0.2, 0) is 21.1 Å². The third-order valence-electron chi connectivity index (χ3n) is 3.76. The molecule has 1 N–H and O–H groups in total. The van der Waals surface area contributed by atoms with E-state index in [1.54, 1.807) is 0 Å². The molecule has 0 radical (unpaired) electrons. The molecular weight excluding hydrogens is 295 g/mol. The number of piperidine rings is 1. The van der Waals surface area contributed by atoms with Crippen LogP contribution in [0.5, 0.6) is 0 Å². The minimum Gasteiger partial charge on any atom is -0.295 e. The van der Waals surface area contributed by atoms with E-state index in [1.165, 1.54) is 18.2 Å². The van der Waals surface area contributed by atoms with Gasteiger partial charge in [-0.1, -0.05) is 12.1 Å². The highest BCUT2D eigenvalue weighted by Crippen LogP contribution is 2.30. The highest BCUT2D eigenvalue weighted by Gasteiger charge is 2.45. The number of nitrogens with one attached hydrogen (secondary N) is 1. The molecule has 1 fully saturated rings. The summed E-state index contributed by atoms with van der Waals surface area (Å²) in [7, 11) is 0. The Kier molecular flexibility index (Phi) is 3.45. The normalized spacial score (nSPS) is 21.1. The second-order valence-electron chi connectivity index (χ2n) is 5.04. The SMILES string of the molecule is O=C1CCC(N2C(=O)c3cccc(COF)c3C2=O)C(=O)N1. The summed E-state index contributed by atoms with van der Waals surface area (Å²) in [5, 5.41) is 2.11. The molecule has 1 saturated heterocycles. The van der Waals surface area contributed by atoms with E-state index in [1.807, 2.05) is 0 Å². The van der Waals surface area contributed by atoms with Gasteiger partial charge in [-0.15, -0.1) is 0 Å². The predicted molar refractivity (Wildman–Crippen MR) is 69.0 cm³/mol. The van der Waals surface area contributed by atoms with Gasteiger partial charge in [0.2, 0.25) is 11.8 Å². The Balaban J connectivity index is 1.98. The van der Waals surface area contributed by atoms with E-state index in [9.17, 15) is 23.7 Å². The molecule has 1 aromatic carbocycles. The topological polar surface area (TPSA) is 92.8 Å². The lowest BCUT2D eigenvalue weighted by Gasteiger charge is -2.27. The number of halogens is 1. The van der Waals surface area contributed by atoms with E-state index in [0.29, 0.717) is 0 Å². The highest BCUT2D eigenvalue weighted by molar-refractivity contribution is 6.24. The predicted octanol–water partition coefficient (Wildman–Crippen LogP) is 0.489. The fourth-order valence-electron chi connectivity index (χ4n) is 2.76. The molecule has 0 aliphatic carbocycles. The van der Waals surface area contributed by atoms with Crippen molar-refractivity contribution in [2.75, 3.05) is 0 Å². The number of hydrogen-bond acceptors (Lipinski definition) is 5. The first kappa shape index (κ1) is 14.3. The van der Waals surface area contributed by atoms with Crippen LogP contribution in [0.3, 0.4) is 0 Å². The summed E-state index contributed by atoms with van der Waals surface area (Å²) < 4.78 is 12.1. The Morgan fingerprint density at radius 1 is 1.23 bits per heavy atom. The maximum atomic E-state index is 12.5. The van der Waals surface area contributed by atoms with Crippen LogP contribution in [-0.4, -0.2) is 34.6 Å². The average molecular weight is 306 g/mol. The van der Waals surface area contributed by atoms with E-state index >= 15 is 0 Å². The van der Waals surface area contributed by atoms with Crippen molar-refractivity contribution < 1.29 is 28.6 Å². The van der Waals surface area contributed by atoms with Gasteiger partial charge in [0, 0.05) is 6.42 Å². The number of rotatable bonds is 3. The van der Waals surface area contributed by atoms with Crippen LogP contribution in [0.15, 0.2) is 18.2 Å². The maximum absolute atomic E-state index is 12.5. The molecular formula is C14H11FN2O5. The Bertz CT molecular complexity index is 702. The number of carbonyl (C=O) groups is 4. The zero-order valence-electron chi connectivity index (χ0n) is 11.3. The van der Waals surface area contributed by atoms with Crippen LogP contribution in [0.2, 0.25) is 0 Å². The Morgan fingerprint density at radius 2 is 2.00 bits per heavy atom. The van der Waals surface area contributed by atoms with Gasteiger partial charge in [-0.05, 0) is 22.6 Å². The summed E-state index contributed by atoms with van der Waals surface area (Å²) in [5.41, 5.74) is 0.368. The standard InChI is InChI=1S/C14H11FN2O5/c15-22-6-7-2-1-3-8-11(7)14(21)17(13(8)20)9-4-5-10(18)16-12(9)19/h1-3,9H,4-6H2,(H,16,18,19). The van der Waals surface area contributed by atoms with Crippen molar-refractivity contribution in [3.8, 4) is 0 Å². The number of benzene rings is 1. The molecule has 1 atom stereocenters. The molecule has 7 nitrogen and oxygen atoms in total. The van der Waals surface area contributed by atoms with E-state index < -0.39 is 36.3 Å². The molecule has 22 heavy (non-hydrogen) atoms. The smallest absolute Gasteiger partial charge is 0.262 e.